The summed E-state index contributed by atoms with van der Waals surface area (Å²) in [6.07, 6.45) is -0.0643. The van der Waals surface area contributed by atoms with Crippen LogP contribution in [-0.4, -0.2) is 54.5 Å². The molecular weight excluding hydrogens is 497 g/mol. The van der Waals surface area contributed by atoms with E-state index in [0.717, 1.165) is 0 Å². The Morgan fingerprint density at radius 2 is 1.81 bits per heavy atom. The van der Waals surface area contributed by atoms with Crippen molar-refractivity contribution in [3.05, 3.63) is 51.5 Å². The van der Waals surface area contributed by atoms with Gasteiger partial charge in [0.15, 0.2) is 5.17 Å². The summed E-state index contributed by atoms with van der Waals surface area (Å²) < 4.78 is 10.3. The first-order valence-corrected chi connectivity index (χ1v) is 11.5. The van der Waals surface area contributed by atoms with Crippen LogP contribution in [0.25, 0.3) is 0 Å². The highest BCUT2D eigenvalue weighted by atomic mass is 35.5. The molecule has 1 fully saturated rings. The highest BCUT2D eigenvalue weighted by Crippen LogP contribution is 2.34. The number of nitrogens with zero attached hydrogens (tertiary/aromatic N) is 2. The number of amides is 2. The lowest BCUT2D eigenvalue weighted by Crippen LogP contribution is -2.35. The molecule has 2 aromatic carbocycles. The summed E-state index contributed by atoms with van der Waals surface area (Å²) >= 11 is 19.3. The Morgan fingerprint density at radius 3 is 2.47 bits per heavy atom. The van der Waals surface area contributed by atoms with Crippen molar-refractivity contribution in [1.82, 2.24) is 4.90 Å². The Balaban J connectivity index is 1.75. The van der Waals surface area contributed by atoms with Gasteiger partial charge < -0.3 is 14.8 Å². The van der Waals surface area contributed by atoms with Crippen LogP contribution in [0, 0.1) is 0 Å². The van der Waals surface area contributed by atoms with Crippen LogP contribution in [0.15, 0.2) is 41.4 Å². The monoisotopic (exact) mass is 515 g/mol. The number of carbonyl (C=O) groups excluding carboxylic acids is 2. The van der Waals surface area contributed by atoms with E-state index in [1.165, 1.54) is 28.8 Å². The fraction of sp³-hybridized carbons (Fsp3) is 0.286. The van der Waals surface area contributed by atoms with Crippen LogP contribution in [0.5, 0.6) is 5.75 Å². The van der Waals surface area contributed by atoms with Crippen molar-refractivity contribution >= 4 is 74.9 Å². The molecule has 11 heteroatoms. The van der Waals surface area contributed by atoms with Crippen LogP contribution in [0.2, 0.25) is 15.1 Å². The van der Waals surface area contributed by atoms with E-state index in [1.54, 1.807) is 38.5 Å². The van der Waals surface area contributed by atoms with E-state index in [-0.39, 0.29) is 33.3 Å². The average Bonchev–Trinajstić information content (AvgIpc) is 3.04. The van der Waals surface area contributed by atoms with E-state index >= 15 is 0 Å². The maximum Gasteiger partial charge on any atom is 0.242 e. The standard InChI is InChI=1S/C21H20Cl3N3O4S/c1-30-8-7-27-20(29)18(32-21(27)25-12-3-5-13(31-2)6-4-12)11-19(28)26-17-10-15(23)14(22)9-16(17)24/h3-6,9-10,18H,7-8,11H2,1-2H3,(H,26,28). The van der Waals surface area contributed by atoms with Crippen molar-refractivity contribution in [3.8, 4) is 5.75 Å². The average molecular weight is 517 g/mol. The van der Waals surface area contributed by atoms with Crippen molar-refractivity contribution in [2.45, 2.75) is 11.7 Å². The summed E-state index contributed by atoms with van der Waals surface area (Å²) in [5.74, 6) is 0.110. The van der Waals surface area contributed by atoms with E-state index in [0.29, 0.717) is 35.4 Å². The summed E-state index contributed by atoms with van der Waals surface area (Å²) in [6, 6.07) is 10.1. The van der Waals surface area contributed by atoms with Crippen LogP contribution in [0.3, 0.4) is 0 Å². The Bertz CT molecular complexity index is 1030. The van der Waals surface area contributed by atoms with Gasteiger partial charge in [0.1, 0.15) is 11.0 Å². The van der Waals surface area contributed by atoms with E-state index in [2.05, 4.69) is 10.3 Å². The predicted molar refractivity (Wildman–Crippen MR) is 130 cm³/mol. The quantitative estimate of drug-likeness (QED) is 0.484. The zero-order chi connectivity index (χ0) is 23.3. The van der Waals surface area contributed by atoms with Crippen LogP contribution < -0.4 is 10.1 Å². The third-order valence-corrected chi connectivity index (χ3v) is 6.70. The maximum atomic E-state index is 13.0. The summed E-state index contributed by atoms with van der Waals surface area (Å²) in [4.78, 5) is 31.7. The molecule has 32 heavy (non-hydrogen) atoms. The Labute approximate surface area is 205 Å². The molecule has 3 rings (SSSR count). The molecular formula is C21H20Cl3N3O4S. The molecule has 1 saturated heterocycles. The Morgan fingerprint density at radius 1 is 1.12 bits per heavy atom. The SMILES string of the molecule is COCCN1C(=O)C(CC(=O)Nc2cc(Cl)c(Cl)cc2Cl)SC1=Nc1ccc(OC)cc1. The zero-order valence-corrected chi connectivity index (χ0v) is 20.3. The van der Waals surface area contributed by atoms with Gasteiger partial charge in [-0.1, -0.05) is 46.6 Å². The molecule has 0 aliphatic carbocycles. The van der Waals surface area contributed by atoms with Crippen LogP contribution >= 0.6 is 46.6 Å². The third-order valence-electron chi connectivity index (χ3n) is 4.49. The summed E-state index contributed by atoms with van der Waals surface area (Å²) in [6.45, 7) is 0.666. The lowest BCUT2D eigenvalue weighted by atomic mass is 10.2. The first-order chi connectivity index (χ1) is 15.3. The molecule has 1 unspecified atom stereocenters. The van der Waals surface area contributed by atoms with Crippen LogP contribution in [-0.2, 0) is 14.3 Å². The molecule has 0 bridgehead atoms. The van der Waals surface area contributed by atoms with Crippen molar-refractivity contribution in [3.63, 3.8) is 0 Å². The number of nitrogens with one attached hydrogen (secondary N) is 1. The van der Waals surface area contributed by atoms with Gasteiger partial charge in [0, 0.05) is 13.5 Å². The number of hydrogen-bond acceptors (Lipinski definition) is 6. The lowest BCUT2D eigenvalue weighted by molar-refractivity contribution is -0.128. The highest BCUT2D eigenvalue weighted by molar-refractivity contribution is 8.15. The first-order valence-electron chi connectivity index (χ1n) is 9.46. The van der Waals surface area contributed by atoms with Crippen LogP contribution in [0.1, 0.15) is 6.42 Å². The number of benzene rings is 2. The van der Waals surface area contributed by atoms with E-state index in [1.807, 2.05) is 0 Å². The topological polar surface area (TPSA) is 80.2 Å². The summed E-state index contributed by atoms with van der Waals surface area (Å²) in [5, 5.41) is 3.35. The third kappa shape index (κ3) is 6.08. The number of thioether (sulfide) groups is 1. The number of carbonyl (C=O) groups is 2. The number of halogens is 3. The molecule has 7 nitrogen and oxygen atoms in total. The summed E-state index contributed by atoms with van der Waals surface area (Å²) in [7, 11) is 3.14. The second-order valence-electron chi connectivity index (χ2n) is 6.68. The fourth-order valence-electron chi connectivity index (χ4n) is 2.87. The summed E-state index contributed by atoms with van der Waals surface area (Å²) in [5.41, 5.74) is 0.987. The lowest BCUT2D eigenvalue weighted by Gasteiger charge is -2.16. The number of amidine groups is 1. The van der Waals surface area contributed by atoms with Gasteiger partial charge in [-0.15, -0.1) is 0 Å². The Kier molecular flexibility index (Phi) is 8.67. The van der Waals surface area contributed by atoms with Gasteiger partial charge in [-0.3, -0.25) is 14.5 Å². The highest BCUT2D eigenvalue weighted by Gasteiger charge is 2.39. The molecule has 0 radical (unpaired) electrons. The molecule has 1 N–H and O–H groups in total. The van der Waals surface area contributed by atoms with Gasteiger partial charge in [-0.05, 0) is 36.4 Å². The second-order valence-corrected chi connectivity index (χ2v) is 9.07. The molecule has 0 spiro atoms. The number of anilines is 1. The number of aliphatic imine (C=N–C) groups is 1. The van der Waals surface area contributed by atoms with Gasteiger partial charge in [-0.2, -0.15) is 0 Å². The number of rotatable bonds is 8. The molecule has 2 aromatic rings. The molecule has 2 amide bonds. The predicted octanol–water partition coefficient (Wildman–Crippen LogP) is 5.26. The Hall–Kier alpha value is -1.97. The fourth-order valence-corrected chi connectivity index (χ4v) is 4.65. The molecule has 1 aliphatic rings. The van der Waals surface area contributed by atoms with E-state index in [4.69, 9.17) is 44.3 Å². The molecule has 0 saturated carbocycles. The molecule has 170 valence electrons. The largest absolute Gasteiger partial charge is 0.497 e. The maximum absolute atomic E-state index is 13.0. The van der Waals surface area contributed by atoms with Gasteiger partial charge in [0.2, 0.25) is 11.8 Å². The molecule has 1 heterocycles. The minimum atomic E-state index is -0.634. The van der Waals surface area contributed by atoms with Gasteiger partial charge in [-0.25, -0.2) is 4.99 Å². The minimum Gasteiger partial charge on any atom is -0.497 e. The number of ether oxygens (including phenoxy) is 2. The minimum absolute atomic E-state index is 0.0643. The van der Waals surface area contributed by atoms with Gasteiger partial charge in [0.05, 0.1) is 46.7 Å². The van der Waals surface area contributed by atoms with Crippen molar-refractivity contribution in [2.75, 3.05) is 32.7 Å². The van der Waals surface area contributed by atoms with Gasteiger partial charge >= 0.3 is 0 Å². The van der Waals surface area contributed by atoms with Crippen LogP contribution in [0.4, 0.5) is 11.4 Å². The molecule has 1 atom stereocenters. The van der Waals surface area contributed by atoms with Crippen molar-refractivity contribution in [2.24, 2.45) is 4.99 Å². The van der Waals surface area contributed by atoms with Crippen molar-refractivity contribution in [1.29, 1.82) is 0 Å². The second kappa shape index (κ2) is 11.2. The first kappa shape index (κ1) is 24.7. The number of hydrogen-bond donors (Lipinski definition) is 1. The smallest absolute Gasteiger partial charge is 0.242 e. The van der Waals surface area contributed by atoms with E-state index < -0.39 is 5.25 Å². The molecule has 0 aromatic heterocycles. The van der Waals surface area contributed by atoms with E-state index in [9.17, 15) is 9.59 Å². The van der Waals surface area contributed by atoms with Crippen molar-refractivity contribution < 1.29 is 19.1 Å². The normalized spacial score (nSPS) is 17.2. The number of methoxy groups -OCH3 is 2. The molecule has 1 aliphatic heterocycles. The van der Waals surface area contributed by atoms with Gasteiger partial charge in [0.25, 0.3) is 0 Å². The zero-order valence-electron chi connectivity index (χ0n) is 17.2.